The molecule has 0 heterocycles. The maximum atomic E-state index is 11.3. The summed E-state index contributed by atoms with van der Waals surface area (Å²) < 4.78 is 9.72. The molecule has 4 heteroatoms. The molecule has 1 aromatic rings. The number of carbonyl (C=O) groups is 1. The molecule has 0 fully saturated rings. The minimum atomic E-state index is -0.431. The van der Waals surface area contributed by atoms with Gasteiger partial charge >= 0.3 is 5.97 Å². The van der Waals surface area contributed by atoms with Crippen LogP contribution in [-0.4, -0.2) is 20.2 Å². The third-order valence-electron chi connectivity index (χ3n) is 2.01. The van der Waals surface area contributed by atoms with Crippen LogP contribution in [0.4, 0.5) is 0 Å². The third kappa shape index (κ3) is 3.25. The monoisotopic (exact) mass is 229 g/mol. The van der Waals surface area contributed by atoms with E-state index in [0.717, 1.165) is 0 Å². The number of ether oxygens (including phenoxy) is 2. The van der Waals surface area contributed by atoms with E-state index in [0.29, 0.717) is 16.9 Å². The van der Waals surface area contributed by atoms with Gasteiger partial charge in [0.25, 0.3) is 0 Å². The van der Waals surface area contributed by atoms with E-state index >= 15 is 0 Å². The van der Waals surface area contributed by atoms with Crippen LogP contribution < -0.4 is 4.74 Å². The van der Waals surface area contributed by atoms with E-state index in [1.54, 1.807) is 18.2 Å². The van der Waals surface area contributed by atoms with Gasteiger partial charge in [0.05, 0.1) is 37.8 Å². The van der Waals surface area contributed by atoms with Crippen molar-refractivity contribution in [2.75, 3.05) is 14.2 Å². The van der Waals surface area contributed by atoms with Crippen LogP contribution in [0.2, 0.25) is 0 Å². The van der Waals surface area contributed by atoms with Crippen LogP contribution in [0, 0.1) is 23.2 Å². The van der Waals surface area contributed by atoms with E-state index in [1.165, 1.54) is 14.2 Å². The first-order chi connectivity index (χ1) is 8.22. The van der Waals surface area contributed by atoms with Gasteiger partial charge in [-0.3, -0.25) is 0 Å². The van der Waals surface area contributed by atoms with Gasteiger partial charge in [-0.25, -0.2) is 4.79 Å². The van der Waals surface area contributed by atoms with Crippen LogP contribution in [0.25, 0.3) is 0 Å². The zero-order valence-electron chi connectivity index (χ0n) is 9.61. The molecule has 86 valence electrons. The molecule has 0 aliphatic rings. The summed E-state index contributed by atoms with van der Waals surface area (Å²) in [5.74, 6) is 5.53. The molecule has 0 unspecified atom stereocenters. The predicted octanol–water partition coefficient (Wildman–Crippen LogP) is 1.75. The largest absolute Gasteiger partial charge is 0.495 e. The second-order valence-electron chi connectivity index (χ2n) is 3.04. The number of methoxy groups -OCH3 is 2. The summed E-state index contributed by atoms with van der Waals surface area (Å²) in [5, 5.41) is 8.37. The van der Waals surface area contributed by atoms with E-state index in [-0.39, 0.29) is 6.42 Å². The molecule has 0 atom stereocenters. The molecule has 0 N–H and O–H groups in total. The van der Waals surface area contributed by atoms with Gasteiger partial charge in [0.2, 0.25) is 0 Å². The molecule has 0 amide bonds. The molecule has 0 radical (unpaired) electrons. The highest BCUT2D eigenvalue weighted by Gasteiger charge is 2.08. The summed E-state index contributed by atoms with van der Waals surface area (Å²) in [6, 6.07) is 6.75. The lowest BCUT2D eigenvalue weighted by Gasteiger charge is -2.05. The Morgan fingerprint density at radius 3 is 2.76 bits per heavy atom. The number of rotatable bonds is 2. The van der Waals surface area contributed by atoms with Gasteiger partial charge in [0, 0.05) is 0 Å². The van der Waals surface area contributed by atoms with Gasteiger partial charge in [-0.15, -0.1) is 0 Å². The number of nitriles is 1. The molecule has 0 aromatic heterocycles. The van der Waals surface area contributed by atoms with E-state index < -0.39 is 5.97 Å². The lowest BCUT2D eigenvalue weighted by Crippen LogP contribution is -2.02. The summed E-state index contributed by atoms with van der Waals surface area (Å²) >= 11 is 0. The lowest BCUT2D eigenvalue weighted by atomic mass is 10.1. The van der Waals surface area contributed by atoms with Crippen molar-refractivity contribution >= 4 is 5.97 Å². The van der Waals surface area contributed by atoms with Crippen molar-refractivity contribution in [3.63, 3.8) is 0 Å². The van der Waals surface area contributed by atoms with Crippen LogP contribution in [-0.2, 0) is 4.74 Å². The zero-order chi connectivity index (χ0) is 12.7. The molecule has 0 aliphatic heterocycles. The Morgan fingerprint density at radius 1 is 1.41 bits per heavy atom. The molecule has 0 bridgehead atoms. The Hall–Kier alpha value is -2.46. The second-order valence-corrected chi connectivity index (χ2v) is 3.04. The fourth-order valence-corrected chi connectivity index (χ4v) is 1.22. The van der Waals surface area contributed by atoms with Crippen LogP contribution in [0.1, 0.15) is 22.3 Å². The van der Waals surface area contributed by atoms with Crippen molar-refractivity contribution < 1.29 is 14.3 Å². The maximum absolute atomic E-state index is 11.3. The van der Waals surface area contributed by atoms with Crippen molar-refractivity contribution in [2.24, 2.45) is 0 Å². The number of carbonyl (C=O) groups excluding carboxylic acids is 1. The minimum absolute atomic E-state index is 0.155. The molecule has 0 aliphatic carbocycles. The van der Waals surface area contributed by atoms with Crippen molar-refractivity contribution in [3.05, 3.63) is 29.3 Å². The topological polar surface area (TPSA) is 59.3 Å². The number of benzene rings is 1. The van der Waals surface area contributed by atoms with Crippen LogP contribution in [0.3, 0.4) is 0 Å². The fraction of sp³-hybridized carbons (Fsp3) is 0.231. The van der Waals surface area contributed by atoms with E-state index in [9.17, 15) is 4.79 Å². The Morgan fingerprint density at radius 2 is 2.18 bits per heavy atom. The SMILES string of the molecule is COC(=O)c1ccc(C#CCC#N)c(OC)c1. The van der Waals surface area contributed by atoms with Gasteiger partial charge in [0.15, 0.2) is 0 Å². The molecule has 17 heavy (non-hydrogen) atoms. The van der Waals surface area contributed by atoms with Crippen molar-refractivity contribution in [1.29, 1.82) is 5.26 Å². The van der Waals surface area contributed by atoms with Gasteiger partial charge < -0.3 is 9.47 Å². The number of nitrogens with zero attached hydrogens (tertiary/aromatic N) is 1. The molecule has 0 saturated carbocycles. The van der Waals surface area contributed by atoms with Crippen molar-refractivity contribution in [1.82, 2.24) is 0 Å². The molecule has 0 spiro atoms. The normalized spacial score (nSPS) is 8.53. The summed E-state index contributed by atoms with van der Waals surface area (Å²) in [6.45, 7) is 0. The van der Waals surface area contributed by atoms with Crippen molar-refractivity contribution in [2.45, 2.75) is 6.42 Å². The second kappa shape index (κ2) is 6.19. The minimum Gasteiger partial charge on any atom is -0.495 e. The Bertz CT molecular complexity index is 518. The standard InChI is InChI=1S/C13H11NO3/c1-16-12-9-11(13(15)17-2)7-6-10(12)5-3-4-8-14/h6-7,9H,4H2,1-2H3. The summed E-state index contributed by atoms with van der Waals surface area (Å²) in [6.07, 6.45) is 0.155. The first-order valence-corrected chi connectivity index (χ1v) is 4.85. The predicted molar refractivity (Wildman–Crippen MR) is 61.4 cm³/mol. The van der Waals surface area contributed by atoms with Gasteiger partial charge in [-0.2, -0.15) is 5.26 Å². The Kier molecular flexibility index (Phi) is 4.59. The average molecular weight is 229 g/mol. The lowest BCUT2D eigenvalue weighted by molar-refractivity contribution is 0.0600. The molecular weight excluding hydrogens is 218 g/mol. The zero-order valence-corrected chi connectivity index (χ0v) is 9.61. The first-order valence-electron chi connectivity index (χ1n) is 4.85. The number of hydrogen-bond donors (Lipinski definition) is 0. The quantitative estimate of drug-likeness (QED) is 0.572. The Labute approximate surface area is 99.8 Å². The van der Waals surface area contributed by atoms with E-state index in [4.69, 9.17) is 10.00 Å². The molecular formula is C13H11NO3. The summed E-state index contributed by atoms with van der Waals surface area (Å²) in [7, 11) is 2.81. The van der Waals surface area contributed by atoms with Gasteiger partial charge in [-0.05, 0) is 18.2 Å². The molecule has 1 aromatic carbocycles. The van der Waals surface area contributed by atoms with Crippen LogP contribution in [0.15, 0.2) is 18.2 Å². The van der Waals surface area contributed by atoms with Crippen LogP contribution >= 0.6 is 0 Å². The van der Waals surface area contributed by atoms with Gasteiger partial charge in [-0.1, -0.05) is 11.8 Å². The van der Waals surface area contributed by atoms with Gasteiger partial charge in [0.1, 0.15) is 5.75 Å². The molecule has 4 nitrogen and oxygen atoms in total. The Balaban J connectivity index is 3.07. The number of hydrogen-bond acceptors (Lipinski definition) is 4. The molecule has 1 rings (SSSR count). The first kappa shape index (κ1) is 12.6. The van der Waals surface area contributed by atoms with E-state index in [1.807, 2.05) is 6.07 Å². The van der Waals surface area contributed by atoms with Crippen LogP contribution in [0.5, 0.6) is 5.75 Å². The fourth-order valence-electron chi connectivity index (χ4n) is 1.22. The maximum Gasteiger partial charge on any atom is 0.337 e. The van der Waals surface area contributed by atoms with E-state index in [2.05, 4.69) is 16.6 Å². The number of esters is 1. The average Bonchev–Trinajstić information content (AvgIpc) is 2.38. The third-order valence-corrected chi connectivity index (χ3v) is 2.01. The molecule has 0 saturated heterocycles. The summed E-state index contributed by atoms with van der Waals surface area (Å²) in [5.41, 5.74) is 1.03. The highest BCUT2D eigenvalue weighted by Crippen LogP contribution is 2.19. The van der Waals surface area contributed by atoms with Crippen molar-refractivity contribution in [3.8, 4) is 23.7 Å². The highest BCUT2D eigenvalue weighted by atomic mass is 16.5. The smallest absolute Gasteiger partial charge is 0.337 e. The summed E-state index contributed by atoms with van der Waals surface area (Å²) in [4.78, 5) is 11.3. The highest BCUT2D eigenvalue weighted by molar-refractivity contribution is 5.90.